The maximum absolute atomic E-state index is 4.20. The predicted octanol–water partition coefficient (Wildman–Crippen LogP) is 12.1. The van der Waals surface area contributed by atoms with Gasteiger partial charge in [-0.25, -0.2) is 0 Å². The summed E-state index contributed by atoms with van der Waals surface area (Å²) in [5.41, 5.74) is 10.9. The monoisotopic (exact) mass is 596 g/mol. The zero-order valence-corrected chi connectivity index (χ0v) is 25.6. The Balaban J connectivity index is 1.24. The summed E-state index contributed by atoms with van der Waals surface area (Å²) in [6.45, 7) is 0. The normalized spacial score (nSPS) is 11.8. The van der Waals surface area contributed by atoms with E-state index in [0.29, 0.717) is 0 Å². The molecule has 10 aromatic rings. The molecule has 218 valence electrons. The lowest BCUT2D eigenvalue weighted by Gasteiger charge is -2.19. The third kappa shape index (κ3) is 3.95. The van der Waals surface area contributed by atoms with E-state index >= 15 is 0 Å². The highest BCUT2D eigenvalue weighted by atomic mass is 15.0. The van der Waals surface area contributed by atoms with Crippen molar-refractivity contribution in [3.63, 3.8) is 0 Å². The van der Waals surface area contributed by atoms with E-state index in [0.717, 1.165) is 5.69 Å². The minimum Gasteiger partial charge on any atom is -0.309 e. The van der Waals surface area contributed by atoms with Crippen molar-refractivity contribution < 1.29 is 0 Å². The van der Waals surface area contributed by atoms with Gasteiger partial charge in [-0.05, 0) is 108 Å². The second kappa shape index (κ2) is 10.1. The molecule has 2 heterocycles. The first kappa shape index (κ1) is 26.0. The van der Waals surface area contributed by atoms with Crippen molar-refractivity contribution in [2.75, 3.05) is 0 Å². The molecule has 0 spiro atoms. The standard InChI is InChI=1S/C45H28N2/c1-3-13-42-36(11-1)37-12-2-4-14-43(37)47(42)35-10-6-9-34(27-35)41-28-40(31-17-15-29(16-18-31)30-23-25-46-26-24-30)38-21-19-32-7-5-8-33-20-22-39(41)45(38)44(32)33/h1-28H. The van der Waals surface area contributed by atoms with Crippen LogP contribution in [0.3, 0.4) is 0 Å². The number of hydrogen-bond donors (Lipinski definition) is 0. The first-order chi connectivity index (χ1) is 23.3. The number of fused-ring (bicyclic) bond motifs is 3. The van der Waals surface area contributed by atoms with Crippen molar-refractivity contribution >= 4 is 54.1 Å². The van der Waals surface area contributed by atoms with Gasteiger partial charge in [0.2, 0.25) is 0 Å². The molecule has 0 atom stereocenters. The average molecular weight is 597 g/mol. The van der Waals surface area contributed by atoms with Crippen LogP contribution in [-0.4, -0.2) is 9.55 Å². The van der Waals surface area contributed by atoms with Crippen LogP contribution in [0.5, 0.6) is 0 Å². The Morgan fingerprint density at radius 2 is 0.936 bits per heavy atom. The van der Waals surface area contributed by atoms with Crippen LogP contribution in [-0.2, 0) is 0 Å². The van der Waals surface area contributed by atoms with Gasteiger partial charge in [0.25, 0.3) is 0 Å². The van der Waals surface area contributed by atoms with E-state index in [2.05, 4.69) is 167 Å². The van der Waals surface area contributed by atoms with Crippen molar-refractivity contribution in [2.45, 2.75) is 0 Å². The molecule has 0 saturated heterocycles. The Kier molecular flexibility index (Phi) is 5.61. The van der Waals surface area contributed by atoms with Crippen molar-refractivity contribution in [3.8, 4) is 39.1 Å². The average Bonchev–Trinajstić information content (AvgIpc) is 3.49. The van der Waals surface area contributed by atoms with Crippen molar-refractivity contribution in [1.82, 2.24) is 9.55 Å². The highest BCUT2D eigenvalue weighted by Gasteiger charge is 2.18. The van der Waals surface area contributed by atoms with E-state index in [9.17, 15) is 0 Å². The molecule has 0 fully saturated rings. The highest BCUT2D eigenvalue weighted by molar-refractivity contribution is 6.28. The molecule has 0 saturated carbocycles. The molecule has 2 nitrogen and oxygen atoms in total. The van der Waals surface area contributed by atoms with Crippen LogP contribution < -0.4 is 0 Å². The largest absolute Gasteiger partial charge is 0.309 e. The minimum atomic E-state index is 1.16. The second-order valence-electron chi connectivity index (χ2n) is 12.4. The molecule has 0 aliphatic carbocycles. The molecular formula is C45H28N2. The van der Waals surface area contributed by atoms with Gasteiger partial charge in [-0.3, -0.25) is 4.98 Å². The van der Waals surface area contributed by atoms with Gasteiger partial charge in [-0.1, -0.05) is 115 Å². The smallest absolute Gasteiger partial charge is 0.0541 e. The predicted molar refractivity (Wildman–Crippen MR) is 199 cm³/mol. The van der Waals surface area contributed by atoms with Crippen LogP contribution in [0.15, 0.2) is 170 Å². The zero-order chi connectivity index (χ0) is 30.9. The number of aromatic nitrogens is 2. The third-order valence-electron chi connectivity index (χ3n) is 9.85. The molecule has 0 aliphatic rings. The quantitative estimate of drug-likeness (QED) is 0.185. The van der Waals surface area contributed by atoms with E-state index in [1.807, 2.05) is 12.4 Å². The Morgan fingerprint density at radius 3 is 1.62 bits per heavy atom. The number of benzene rings is 8. The van der Waals surface area contributed by atoms with Gasteiger partial charge in [0.15, 0.2) is 0 Å². The van der Waals surface area contributed by atoms with Gasteiger partial charge in [0, 0.05) is 28.9 Å². The van der Waals surface area contributed by atoms with E-state index in [4.69, 9.17) is 0 Å². The fourth-order valence-corrected chi connectivity index (χ4v) is 7.71. The lowest BCUT2D eigenvalue weighted by molar-refractivity contribution is 1.18. The summed E-state index contributed by atoms with van der Waals surface area (Å²) in [5.74, 6) is 0. The molecular weight excluding hydrogens is 569 g/mol. The molecule has 0 amide bonds. The molecule has 0 unspecified atom stereocenters. The molecule has 47 heavy (non-hydrogen) atoms. The first-order valence-electron chi connectivity index (χ1n) is 16.1. The van der Waals surface area contributed by atoms with Gasteiger partial charge in [0.1, 0.15) is 0 Å². The SMILES string of the molecule is c1cc(-c2cc(-c3ccc(-c4ccncc4)cc3)c3ccc4cccc5ccc2c3c45)cc(-n2c3ccccc3c3ccccc32)c1. The van der Waals surface area contributed by atoms with E-state index in [-0.39, 0.29) is 0 Å². The van der Waals surface area contributed by atoms with E-state index in [1.54, 1.807) is 0 Å². The maximum atomic E-state index is 4.20. The summed E-state index contributed by atoms with van der Waals surface area (Å²) in [6.07, 6.45) is 3.70. The maximum Gasteiger partial charge on any atom is 0.0541 e. The summed E-state index contributed by atoms with van der Waals surface area (Å²) in [6, 6.07) is 57.9. The van der Waals surface area contributed by atoms with Crippen LogP contribution in [0, 0.1) is 0 Å². The van der Waals surface area contributed by atoms with Crippen LogP contribution >= 0.6 is 0 Å². The molecule has 8 aromatic carbocycles. The summed E-state index contributed by atoms with van der Waals surface area (Å²) in [5, 5.41) is 10.3. The number of rotatable bonds is 4. The zero-order valence-electron chi connectivity index (χ0n) is 25.6. The molecule has 2 heteroatoms. The summed E-state index contributed by atoms with van der Waals surface area (Å²) in [7, 11) is 0. The number of para-hydroxylation sites is 2. The van der Waals surface area contributed by atoms with Crippen molar-refractivity contribution in [3.05, 3.63) is 170 Å². The molecule has 0 bridgehead atoms. The Bertz CT molecular complexity index is 2700. The van der Waals surface area contributed by atoms with E-state index < -0.39 is 0 Å². The van der Waals surface area contributed by atoms with Gasteiger partial charge >= 0.3 is 0 Å². The van der Waals surface area contributed by atoms with Crippen LogP contribution in [0.4, 0.5) is 0 Å². The Labute approximate surface area is 272 Å². The molecule has 0 aliphatic heterocycles. The molecule has 2 aromatic heterocycles. The van der Waals surface area contributed by atoms with Gasteiger partial charge in [-0.15, -0.1) is 0 Å². The fourth-order valence-electron chi connectivity index (χ4n) is 7.71. The fraction of sp³-hybridized carbons (Fsp3) is 0. The Morgan fingerprint density at radius 1 is 0.362 bits per heavy atom. The van der Waals surface area contributed by atoms with Gasteiger partial charge in [-0.2, -0.15) is 0 Å². The number of hydrogen-bond acceptors (Lipinski definition) is 1. The topological polar surface area (TPSA) is 17.8 Å². The molecule has 0 N–H and O–H groups in total. The first-order valence-corrected chi connectivity index (χ1v) is 16.1. The summed E-state index contributed by atoms with van der Waals surface area (Å²) >= 11 is 0. The summed E-state index contributed by atoms with van der Waals surface area (Å²) in [4.78, 5) is 4.20. The Hall–Kier alpha value is -6.25. The third-order valence-corrected chi connectivity index (χ3v) is 9.85. The van der Waals surface area contributed by atoms with Crippen LogP contribution in [0.2, 0.25) is 0 Å². The van der Waals surface area contributed by atoms with E-state index in [1.165, 1.54) is 87.5 Å². The number of pyridine rings is 1. The van der Waals surface area contributed by atoms with Crippen LogP contribution in [0.25, 0.3) is 93.2 Å². The molecule has 0 radical (unpaired) electrons. The van der Waals surface area contributed by atoms with Gasteiger partial charge < -0.3 is 4.57 Å². The van der Waals surface area contributed by atoms with Crippen molar-refractivity contribution in [1.29, 1.82) is 0 Å². The number of nitrogens with zero attached hydrogens (tertiary/aromatic N) is 2. The van der Waals surface area contributed by atoms with Crippen molar-refractivity contribution in [2.24, 2.45) is 0 Å². The highest BCUT2D eigenvalue weighted by Crippen LogP contribution is 2.44. The van der Waals surface area contributed by atoms with Gasteiger partial charge in [0.05, 0.1) is 11.0 Å². The second-order valence-corrected chi connectivity index (χ2v) is 12.4. The summed E-state index contributed by atoms with van der Waals surface area (Å²) < 4.78 is 2.41. The molecule has 10 rings (SSSR count). The minimum absolute atomic E-state index is 1.16. The lowest BCUT2D eigenvalue weighted by Crippen LogP contribution is -1.95. The lowest BCUT2D eigenvalue weighted by atomic mass is 9.85. The van der Waals surface area contributed by atoms with Crippen LogP contribution in [0.1, 0.15) is 0 Å².